The maximum Gasteiger partial charge on any atom is 0.255 e. The molecule has 19 heavy (non-hydrogen) atoms. The second kappa shape index (κ2) is 4.90. The summed E-state index contributed by atoms with van der Waals surface area (Å²) in [5, 5.41) is 3.98. The average Bonchev–Trinajstić information content (AvgIpc) is 2.88. The van der Waals surface area contributed by atoms with Crippen molar-refractivity contribution in [3.05, 3.63) is 64.8 Å². The summed E-state index contributed by atoms with van der Waals surface area (Å²) in [6, 6.07) is 15.1. The fourth-order valence-electron chi connectivity index (χ4n) is 1.95. The van der Waals surface area contributed by atoms with Gasteiger partial charge in [-0.05, 0) is 51.6 Å². The van der Waals surface area contributed by atoms with E-state index in [4.69, 9.17) is 0 Å². The molecule has 0 saturated carbocycles. The van der Waals surface area contributed by atoms with Crippen molar-refractivity contribution in [2.75, 3.05) is 5.32 Å². The molecule has 0 aliphatic carbocycles. The Morgan fingerprint density at radius 3 is 2.79 bits per heavy atom. The summed E-state index contributed by atoms with van der Waals surface area (Å²) in [6.07, 6.45) is 1.86. The van der Waals surface area contributed by atoms with E-state index in [2.05, 4.69) is 26.2 Å². The van der Waals surface area contributed by atoms with Gasteiger partial charge in [0.2, 0.25) is 0 Å². The first-order chi connectivity index (χ1) is 9.24. The molecule has 0 bridgehead atoms. The normalized spacial score (nSPS) is 10.6. The lowest BCUT2D eigenvalue weighted by molar-refractivity contribution is 0.102. The first-order valence-electron chi connectivity index (χ1n) is 5.87. The van der Waals surface area contributed by atoms with E-state index in [0.29, 0.717) is 5.56 Å². The number of amides is 1. The molecule has 0 fully saturated rings. The molecule has 1 heterocycles. The van der Waals surface area contributed by atoms with Gasteiger partial charge in [0.1, 0.15) is 0 Å². The molecule has 2 N–H and O–H groups in total. The molecule has 0 aliphatic heterocycles. The Bertz CT molecular complexity index is 748. The highest BCUT2D eigenvalue weighted by atomic mass is 79.9. The summed E-state index contributed by atoms with van der Waals surface area (Å²) in [5.41, 5.74) is 2.35. The number of benzene rings is 2. The SMILES string of the molecule is O=C(Nc1ccccc1Br)c1ccc2cc[nH]c2c1. The van der Waals surface area contributed by atoms with Crippen LogP contribution in [0.15, 0.2) is 59.2 Å². The number of aromatic nitrogens is 1. The van der Waals surface area contributed by atoms with Crippen molar-refractivity contribution in [3.63, 3.8) is 0 Å². The number of rotatable bonds is 2. The second-order valence-electron chi connectivity index (χ2n) is 4.21. The summed E-state index contributed by atoms with van der Waals surface area (Å²) in [5.74, 6) is -0.122. The maximum atomic E-state index is 12.2. The Morgan fingerprint density at radius 1 is 1.11 bits per heavy atom. The van der Waals surface area contributed by atoms with Crippen LogP contribution in [-0.2, 0) is 0 Å². The van der Waals surface area contributed by atoms with Crippen LogP contribution >= 0.6 is 15.9 Å². The quantitative estimate of drug-likeness (QED) is 0.732. The molecule has 3 nitrogen and oxygen atoms in total. The van der Waals surface area contributed by atoms with E-state index in [0.717, 1.165) is 21.1 Å². The number of carbonyl (C=O) groups is 1. The Balaban J connectivity index is 1.89. The fraction of sp³-hybridized carbons (Fsp3) is 0. The van der Waals surface area contributed by atoms with Crippen molar-refractivity contribution < 1.29 is 4.79 Å². The minimum atomic E-state index is -0.122. The number of H-pyrrole nitrogens is 1. The van der Waals surface area contributed by atoms with E-state index >= 15 is 0 Å². The van der Waals surface area contributed by atoms with Crippen molar-refractivity contribution in [2.24, 2.45) is 0 Å². The third-order valence-electron chi connectivity index (χ3n) is 2.94. The number of nitrogens with one attached hydrogen (secondary N) is 2. The molecule has 3 aromatic rings. The van der Waals surface area contributed by atoms with Gasteiger partial charge in [-0.3, -0.25) is 4.79 Å². The van der Waals surface area contributed by atoms with Crippen molar-refractivity contribution in [2.45, 2.75) is 0 Å². The van der Waals surface area contributed by atoms with Crippen molar-refractivity contribution >= 4 is 38.4 Å². The Hall–Kier alpha value is -2.07. The molecule has 2 aromatic carbocycles. The number of anilines is 1. The van der Waals surface area contributed by atoms with Gasteiger partial charge >= 0.3 is 0 Å². The Labute approximate surface area is 118 Å². The molecular formula is C15H11BrN2O. The van der Waals surface area contributed by atoms with Gasteiger partial charge in [0.15, 0.2) is 0 Å². The molecule has 3 rings (SSSR count). The third kappa shape index (κ3) is 2.39. The van der Waals surface area contributed by atoms with Crippen LogP contribution in [0, 0.1) is 0 Å². The lowest BCUT2D eigenvalue weighted by Crippen LogP contribution is -2.12. The van der Waals surface area contributed by atoms with E-state index in [1.807, 2.05) is 54.7 Å². The zero-order chi connectivity index (χ0) is 13.2. The van der Waals surface area contributed by atoms with Crippen LogP contribution in [0.4, 0.5) is 5.69 Å². The number of carbonyl (C=O) groups excluding carboxylic acids is 1. The monoisotopic (exact) mass is 314 g/mol. The minimum absolute atomic E-state index is 0.122. The predicted octanol–water partition coefficient (Wildman–Crippen LogP) is 4.18. The van der Waals surface area contributed by atoms with Gasteiger partial charge in [0.25, 0.3) is 5.91 Å². The summed E-state index contributed by atoms with van der Waals surface area (Å²) in [4.78, 5) is 15.3. The molecule has 94 valence electrons. The highest BCUT2D eigenvalue weighted by molar-refractivity contribution is 9.10. The van der Waals surface area contributed by atoms with Gasteiger partial charge in [-0.25, -0.2) is 0 Å². The van der Waals surface area contributed by atoms with Crippen molar-refractivity contribution in [1.82, 2.24) is 4.98 Å². The molecule has 1 aromatic heterocycles. The smallest absolute Gasteiger partial charge is 0.255 e. The summed E-state index contributed by atoms with van der Waals surface area (Å²) < 4.78 is 0.865. The molecule has 0 spiro atoms. The number of para-hydroxylation sites is 1. The summed E-state index contributed by atoms with van der Waals surface area (Å²) in [6.45, 7) is 0. The van der Waals surface area contributed by atoms with Crippen LogP contribution in [0.2, 0.25) is 0 Å². The predicted molar refractivity (Wildman–Crippen MR) is 80.4 cm³/mol. The lowest BCUT2D eigenvalue weighted by atomic mass is 10.1. The molecular weight excluding hydrogens is 304 g/mol. The van der Waals surface area contributed by atoms with E-state index < -0.39 is 0 Å². The molecule has 0 aliphatic rings. The zero-order valence-electron chi connectivity index (χ0n) is 9.98. The highest BCUT2D eigenvalue weighted by Crippen LogP contribution is 2.22. The number of hydrogen-bond donors (Lipinski definition) is 2. The standard InChI is InChI=1S/C15H11BrN2O/c16-12-3-1-2-4-13(12)18-15(19)11-6-5-10-7-8-17-14(10)9-11/h1-9,17H,(H,18,19). The molecule has 1 amide bonds. The molecule has 0 saturated heterocycles. The minimum Gasteiger partial charge on any atom is -0.361 e. The molecule has 0 atom stereocenters. The number of hydrogen-bond acceptors (Lipinski definition) is 1. The van der Waals surface area contributed by atoms with Crippen LogP contribution < -0.4 is 5.32 Å². The van der Waals surface area contributed by atoms with Gasteiger partial charge in [-0.2, -0.15) is 0 Å². The topological polar surface area (TPSA) is 44.9 Å². The fourth-order valence-corrected chi connectivity index (χ4v) is 2.33. The molecule has 4 heteroatoms. The van der Waals surface area contributed by atoms with E-state index in [1.54, 1.807) is 0 Å². The number of aromatic amines is 1. The maximum absolute atomic E-state index is 12.2. The molecule has 0 radical (unpaired) electrons. The van der Waals surface area contributed by atoms with Crippen LogP contribution in [-0.4, -0.2) is 10.9 Å². The zero-order valence-corrected chi connectivity index (χ0v) is 11.6. The van der Waals surface area contributed by atoms with Gasteiger partial charge < -0.3 is 10.3 Å². The van der Waals surface area contributed by atoms with Crippen molar-refractivity contribution in [3.8, 4) is 0 Å². The average molecular weight is 315 g/mol. The van der Waals surface area contributed by atoms with E-state index in [9.17, 15) is 4.79 Å². The van der Waals surface area contributed by atoms with Crippen LogP contribution in [0.1, 0.15) is 10.4 Å². The molecule has 0 unspecified atom stereocenters. The summed E-state index contributed by atoms with van der Waals surface area (Å²) >= 11 is 3.41. The van der Waals surface area contributed by atoms with E-state index in [1.165, 1.54) is 0 Å². The summed E-state index contributed by atoms with van der Waals surface area (Å²) in [7, 11) is 0. The second-order valence-corrected chi connectivity index (χ2v) is 5.07. The Kier molecular flexibility index (Phi) is 3.09. The van der Waals surface area contributed by atoms with E-state index in [-0.39, 0.29) is 5.91 Å². The number of halogens is 1. The number of fused-ring (bicyclic) bond motifs is 1. The van der Waals surface area contributed by atoms with Gasteiger partial charge in [0.05, 0.1) is 5.69 Å². The first kappa shape index (κ1) is 12.0. The van der Waals surface area contributed by atoms with Crippen LogP contribution in [0.3, 0.4) is 0 Å². The third-order valence-corrected chi connectivity index (χ3v) is 3.63. The van der Waals surface area contributed by atoms with Crippen LogP contribution in [0.25, 0.3) is 10.9 Å². The first-order valence-corrected chi connectivity index (χ1v) is 6.66. The van der Waals surface area contributed by atoms with Crippen molar-refractivity contribution in [1.29, 1.82) is 0 Å². The highest BCUT2D eigenvalue weighted by Gasteiger charge is 2.08. The van der Waals surface area contributed by atoms with Crippen LogP contribution in [0.5, 0.6) is 0 Å². The lowest BCUT2D eigenvalue weighted by Gasteiger charge is -2.07. The van der Waals surface area contributed by atoms with Gasteiger partial charge in [0, 0.05) is 21.7 Å². The van der Waals surface area contributed by atoms with Gasteiger partial charge in [-0.1, -0.05) is 18.2 Å². The van der Waals surface area contributed by atoms with Gasteiger partial charge in [-0.15, -0.1) is 0 Å². The largest absolute Gasteiger partial charge is 0.361 e. The Morgan fingerprint density at radius 2 is 1.95 bits per heavy atom.